The number of ketones is 1. The number of Topliss-reactive ketones (excluding diaryl/α,β-unsaturated/α-hetero) is 1. The lowest BCUT2D eigenvalue weighted by molar-refractivity contribution is -0.119. The van der Waals surface area contributed by atoms with Crippen LogP contribution in [0.15, 0.2) is 60.7 Å². The van der Waals surface area contributed by atoms with Crippen molar-refractivity contribution in [1.82, 2.24) is 0 Å². The van der Waals surface area contributed by atoms with Gasteiger partial charge in [-0.15, -0.1) is 0 Å². The molecule has 118 valence electrons. The van der Waals surface area contributed by atoms with E-state index >= 15 is 0 Å². The minimum Gasteiger partial charge on any atom is -0.388 e. The summed E-state index contributed by atoms with van der Waals surface area (Å²) in [5.74, 6) is 0.305. The third-order valence-electron chi connectivity index (χ3n) is 4.54. The molecule has 2 nitrogen and oxygen atoms in total. The van der Waals surface area contributed by atoms with Gasteiger partial charge in [-0.3, -0.25) is 4.79 Å². The Morgan fingerprint density at radius 2 is 1.70 bits per heavy atom. The summed E-state index contributed by atoms with van der Waals surface area (Å²) in [4.78, 5) is 12.1. The number of hydrogen-bond acceptors (Lipinski definition) is 2. The molecule has 3 rings (SSSR count). The summed E-state index contributed by atoms with van der Waals surface area (Å²) in [7, 11) is 0. The number of aliphatic hydroxyl groups excluding tert-OH is 1. The number of benzene rings is 2. The Bertz CT molecular complexity index is 688. The summed E-state index contributed by atoms with van der Waals surface area (Å²) < 4.78 is 0. The highest BCUT2D eigenvalue weighted by Gasteiger charge is 2.24. The predicted octanol–water partition coefficient (Wildman–Crippen LogP) is 4.35. The van der Waals surface area contributed by atoms with Crippen molar-refractivity contribution in [3.63, 3.8) is 0 Å². The third kappa shape index (κ3) is 3.96. The zero-order valence-electron chi connectivity index (χ0n) is 13.2. The fourth-order valence-electron chi connectivity index (χ4n) is 3.13. The zero-order valence-corrected chi connectivity index (χ0v) is 13.2. The summed E-state index contributed by atoms with van der Waals surface area (Å²) >= 11 is 0. The summed E-state index contributed by atoms with van der Waals surface area (Å²) in [6.45, 7) is 0. The Balaban J connectivity index is 1.50. The Morgan fingerprint density at radius 1 is 0.957 bits per heavy atom. The van der Waals surface area contributed by atoms with E-state index in [0.717, 1.165) is 17.5 Å². The van der Waals surface area contributed by atoms with Crippen molar-refractivity contribution in [2.45, 2.75) is 31.8 Å². The highest BCUT2D eigenvalue weighted by molar-refractivity contribution is 5.78. The van der Waals surface area contributed by atoms with Crippen LogP contribution in [0.1, 0.15) is 42.1 Å². The first-order valence-electron chi connectivity index (χ1n) is 8.25. The Morgan fingerprint density at radius 3 is 2.52 bits per heavy atom. The number of hydrogen-bond donors (Lipinski definition) is 1. The molecular formula is C21H22O2. The SMILES string of the molecule is O=C(CCc1ccccc1)CC[C@@H]1C=Cc2ccccc2[C@@H]1O. The number of carbonyl (C=O) groups excluding carboxylic acids is 1. The van der Waals surface area contributed by atoms with Gasteiger partial charge in [0.05, 0.1) is 6.10 Å². The van der Waals surface area contributed by atoms with Crippen molar-refractivity contribution in [1.29, 1.82) is 0 Å². The first kappa shape index (κ1) is 15.7. The van der Waals surface area contributed by atoms with Crippen LogP contribution in [-0.4, -0.2) is 10.9 Å². The van der Waals surface area contributed by atoms with Gasteiger partial charge in [0, 0.05) is 18.8 Å². The van der Waals surface area contributed by atoms with Crippen molar-refractivity contribution in [2.24, 2.45) is 5.92 Å². The van der Waals surface area contributed by atoms with Gasteiger partial charge in [-0.05, 0) is 29.5 Å². The second-order valence-corrected chi connectivity index (χ2v) is 6.16. The quantitative estimate of drug-likeness (QED) is 0.861. The molecule has 0 saturated carbocycles. The fraction of sp³-hybridized carbons (Fsp3) is 0.286. The number of carbonyl (C=O) groups is 1. The molecule has 0 heterocycles. The number of rotatable bonds is 6. The maximum Gasteiger partial charge on any atom is 0.133 e. The highest BCUT2D eigenvalue weighted by Crippen LogP contribution is 2.34. The van der Waals surface area contributed by atoms with Crippen LogP contribution >= 0.6 is 0 Å². The van der Waals surface area contributed by atoms with Gasteiger partial charge in [-0.1, -0.05) is 66.7 Å². The van der Waals surface area contributed by atoms with Crippen LogP contribution in [0.4, 0.5) is 0 Å². The zero-order chi connectivity index (χ0) is 16.1. The van der Waals surface area contributed by atoms with E-state index in [1.54, 1.807) is 0 Å². The van der Waals surface area contributed by atoms with E-state index in [0.29, 0.717) is 19.3 Å². The van der Waals surface area contributed by atoms with E-state index in [4.69, 9.17) is 0 Å². The van der Waals surface area contributed by atoms with Gasteiger partial charge in [-0.2, -0.15) is 0 Å². The second-order valence-electron chi connectivity index (χ2n) is 6.16. The third-order valence-corrected chi connectivity index (χ3v) is 4.54. The molecule has 2 atom stereocenters. The topological polar surface area (TPSA) is 37.3 Å². The molecular weight excluding hydrogens is 284 g/mol. The molecule has 23 heavy (non-hydrogen) atoms. The highest BCUT2D eigenvalue weighted by atomic mass is 16.3. The molecule has 0 amide bonds. The van der Waals surface area contributed by atoms with Crippen molar-refractivity contribution >= 4 is 11.9 Å². The van der Waals surface area contributed by atoms with Crippen LogP contribution in [0.25, 0.3) is 6.08 Å². The standard InChI is InChI=1S/C21H22O2/c22-19(14-10-16-6-2-1-3-7-16)15-13-18-12-11-17-8-4-5-9-20(17)21(18)23/h1-9,11-12,18,21,23H,10,13-15H2/t18-,21+/m0/s1. The lowest BCUT2D eigenvalue weighted by Crippen LogP contribution is -2.16. The van der Waals surface area contributed by atoms with Crippen molar-refractivity contribution < 1.29 is 9.90 Å². The van der Waals surface area contributed by atoms with Crippen LogP contribution in [0.5, 0.6) is 0 Å². The smallest absolute Gasteiger partial charge is 0.133 e. The van der Waals surface area contributed by atoms with Gasteiger partial charge < -0.3 is 5.11 Å². The first-order valence-corrected chi connectivity index (χ1v) is 8.25. The molecule has 1 aliphatic rings. The molecule has 0 radical (unpaired) electrons. The van der Waals surface area contributed by atoms with E-state index in [2.05, 4.69) is 18.2 Å². The average molecular weight is 306 g/mol. The van der Waals surface area contributed by atoms with Crippen LogP contribution in [0.3, 0.4) is 0 Å². The molecule has 2 aromatic rings. The molecule has 0 aliphatic heterocycles. The largest absolute Gasteiger partial charge is 0.388 e. The van der Waals surface area contributed by atoms with Gasteiger partial charge in [-0.25, -0.2) is 0 Å². The number of aliphatic hydroxyl groups is 1. The number of aryl methyl sites for hydroxylation is 1. The average Bonchev–Trinajstić information content (AvgIpc) is 2.60. The molecule has 0 saturated heterocycles. The minimum atomic E-state index is -0.502. The minimum absolute atomic E-state index is 0.0329. The Labute approximate surface area is 137 Å². The van der Waals surface area contributed by atoms with Gasteiger partial charge >= 0.3 is 0 Å². The maximum atomic E-state index is 12.1. The second kappa shape index (κ2) is 7.38. The molecule has 0 bridgehead atoms. The van der Waals surface area contributed by atoms with Crippen LogP contribution in [0.2, 0.25) is 0 Å². The van der Waals surface area contributed by atoms with E-state index in [1.165, 1.54) is 5.56 Å². The summed E-state index contributed by atoms with van der Waals surface area (Å²) in [5, 5.41) is 10.5. The normalized spacial score (nSPS) is 19.3. The van der Waals surface area contributed by atoms with Gasteiger partial charge in [0.1, 0.15) is 5.78 Å². The van der Waals surface area contributed by atoms with E-state index in [1.807, 2.05) is 48.5 Å². The molecule has 2 aromatic carbocycles. The molecule has 0 fully saturated rings. The monoisotopic (exact) mass is 306 g/mol. The first-order chi connectivity index (χ1) is 11.2. The Kier molecular flexibility index (Phi) is 5.04. The molecule has 1 aliphatic carbocycles. The molecule has 1 N–H and O–H groups in total. The van der Waals surface area contributed by atoms with Gasteiger partial charge in [0.2, 0.25) is 0 Å². The van der Waals surface area contributed by atoms with E-state index < -0.39 is 6.10 Å². The number of fused-ring (bicyclic) bond motifs is 1. The molecule has 2 heteroatoms. The van der Waals surface area contributed by atoms with Crippen molar-refractivity contribution in [2.75, 3.05) is 0 Å². The fourth-order valence-corrected chi connectivity index (χ4v) is 3.13. The molecule has 0 spiro atoms. The van der Waals surface area contributed by atoms with Gasteiger partial charge in [0.25, 0.3) is 0 Å². The van der Waals surface area contributed by atoms with Crippen LogP contribution in [-0.2, 0) is 11.2 Å². The summed E-state index contributed by atoms with van der Waals surface area (Å²) in [5.41, 5.74) is 3.25. The predicted molar refractivity (Wildman–Crippen MR) is 92.9 cm³/mol. The van der Waals surface area contributed by atoms with Crippen LogP contribution < -0.4 is 0 Å². The van der Waals surface area contributed by atoms with Crippen molar-refractivity contribution in [3.05, 3.63) is 77.4 Å². The van der Waals surface area contributed by atoms with E-state index in [9.17, 15) is 9.90 Å². The van der Waals surface area contributed by atoms with Crippen molar-refractivity contribution in [3.8, 4) is 0 Å². The van der Waals surface area contributed by atoms with Crippen LogP contribution in [0, 0.1) is 5.92 Å². The van der Waals surface area contributed by atoms with E-state index in [-0.39, 0.29) is 11.7 Å². The summed E-state index contributed by atoms with van der Waals surface area (Å²) in [6.07, 6.45) is 6.20. The van der Waals surface area contributed by atoms with Gasteiger partial charge in [0.15, 0.2) is 0 Å². The molecule has 0 aromatic heterocycles. The maximum absolute atomic E-state index is 12.1. The molecule has 0 unspecified atom stereocenters. The lowest BCUT2D eigenvalue weighted by atomic mass is 9.84. The Hall–Kier alpha value is -2.19. The summed E-state index contributed by atoms with van der Waals surface area (Å²) in [6, 6.07) is 18.0. The lowest BCUT2D eigenvalue weighted by Gasteiger charge is -2.25.